The van der Waals surface area contributed by atoms with Crippen molar-refractivity contribution >= 4 is 11.7 Å². The van der Waals surface area contributed by atoms with E-state index in [2.05, 4.69) is 0 Å². The Morgan fingerprint density at radius 3 is 2.33 bits per heavy atom. The van der Waals surface area contributed by atoms with E-state index < -0.39 is 5.97 Å². The molecule has 4 heteroatoms. The molecule has 12 heavy (non-hydrogen) atoms. The summed E-state index contributed by atoms with van der Waals surface area (Å²) in [5.74, 6) is -0.824. The van der Waals surface area contributed by atoms with Crippen LogP contribution in [-0.2, 0) is 11.2 Å². The normalized spacial score (nSPS) is 8.67. The molecule has 0 bridgehead atoms. The van der Waals surface area contributed by atoms with Crippen LogP contribution in [-0.4, -0.2) is 11.1 Å². The first kappa shape index (κ1) is 11.5. The van der Waals surface area contributed by atoms with Crippen molar-refractivity contribution in [2.45, 2.75) is 6.42 Å². The van der Waals surface area contributed by atoms with Gasteiger partial charge in [-0.3, -0.25) is 4.79 Å². The average Bonchev–Trinajstić information content (AvgIpc) is 1.93. The van der Waals surface area contributed by atoms with Crippen LogP contribution in [0.15, 0.2) is 24.3 Å². The SMILES string of the molecule is Nc1ccc(CC(=O)O)cc1.[H-].[Na+]. The quantitative estimate of drug-likeness (QED) is 0.404. The van der Waals surface area contributed by atoms with Gasteiger partial charge in [-0.15, -0.1) is 0 Å². The van der Waals surface area contributed by atoms with E-state index >= 15 is 0 Å². The van der Waals surface area contributed by atoms with Crippen molar-refractivity contribution in [2.75, 3.05) is 5.73 Å². The van der Waals surface area contributed by atoms with Gasteiger partial charge in [-0.25, -0.2) is 0 Å². The first-order valence-corrected chi connectivity index (χ1v) is 3.24. The third-order valence-corrected chi connectivity index (χ3v) is 1.34. The third kappa shape index (κ3) is 3.76. The molecule has 1 aromatic carbocycles. The van der Waals surface area contributed by atoms with Crippen LogP contribution >= 0.6 is 0 Å². The standard InChI is InChI=1S/C8H9NO2.Na.H/c9-7-3-1-6(2-4-7)5-8(10)11;;/h1-4H,5,9H2,(H,10,11);;/q;+1;-1. The smallest absolute Gasteiger partial charge is 1.00 e. The van der Waals surface area contributed by atoms with Crippen LogP contribution in [0.2, 0.25) is 0 Å². The molecule has 0 aliphatic rings. The molecule has 0 aromatic heterocycles. The Balaban J connectivity index is 0. The molecule has 0 fully saturated rings. The number of anilines is 1. The van der Waals surface area contributed by atoms with Gasteiger partial charge in [-0.2, -0.15) is 0 Å². The van der Waals surface area contributed by atoms with Gasteiger partial charge in [0.2, 0.25) is 0 Å². The predicted molar refractivity (Wildman–Crippen MR) is 43.3 cm³/mol. The van der Waals surface area contributed by atoms with E-state index in [1.165, 1.54) is 0 Å². The number of hydrogen-bond donors (Lipinski definition) is 2. The molecule has 0 atom stereocenters. The van der Waals surface area contributed by atoms with Crippen molar-refractivity contribution in [3.63, 3.8) is 0 Å². The molecule has 0 heterocycles. The predicted octanol–water partition coefficient (Wildman–Crippen LogP) is -1.99. The number of benzene rings is 1. The van der Waals surface area contributed by atoms with Gasteiger partial charge in [-0.1, -0.05) is 12.1 Å². The van der Waals surface area contributed by atoms with E-state index in [1.54, 1.807) is 24.3 Å². The minimum absolute atomic E-state index is 0. The molecule has 0 aliphatic heterocycles. The fourth-order valence-corrected chi connectivity index (χ4v) is 0.810. The summed E-state index contributed by atoms with van der Waals surface area (Å²) in [6.45, 7) is 0. The molecule has 3 nitrogen and oxygen atoms in total. The molecule has 60 valence electrons. The fraction of sp³-hybridized carbons (Fsp3) is 0.125. The van der Waals surface area contributed by atoms with Crippen molar-refractivity contribution in [2.24, 2.45) is 0 Å². The Morgan fingerprint density at radius 1 is 1.42 bits per heavy atom. The molecule has 1 rings (SSSR count). The van der Waals surface area contributed by atoms with Crippen LogP contribution in [0.1, 0.15) is 6.99 Å². The van der Waals surface area contributed by atoms with Crippen molar-refractivity contribution in [3.8, 4) is 0 Å². The molecule has 1 aromatic rings. The molecule has 0 aliphatic carbocycles. The maximum absolute atomic E-state index is 10.2. The van der Waals surface area contributed by atoms with Gasteiger partial charge in [0.05, 0.1) is 6.42 Å². The molecule has 0 saturated carbocycles. The summed E-state index contributed by atoms with van der Waals surface area (Å²) in [6.07, 6.45) is 0.0558. The Bertz CT molecular complexity index is 263. The zero-order chi connectivity index (χ0) is 8.27. The average molecular weight is 175 g/mol. The number of rotatable bonds is 2. The monoisotopic (exact) mass is 175 g/mol. The summed E-state index contributed by atoms with van der Waals surface area (Å²) < 4.78 is 0. The van der Waals surface area contributed by atoms with Crippen LogP contribution in [0, 0.1) is 0 Å². The Hall–Kier alpha value is -0.510. The van der Waals surface area contributed by atoms with E-state index in [0.29, 0.717) is 5.69 Å². The van der Waals surface area contributed by atoms with E-state index in [4.69, 9.17) is 10.8 Å². The molecule has 3 N–H and O–H groups in total. The number of carboxylic acid groups (broad SMARTS) is 1. The minimum atomic E-state index is -0.824. The first-order valence-electron chi connectivity index (χ1n) is 3.24. The Morgan fingerprint density at radius 2 is 1.92 bits per heavy atom. The van der Waals surface area contributed by atoms with Crippen molar-refractivity contribution in [1.29, 1.82) is 0 Å². The van der Waals surface area contributed by atoms with E-state index in [-0.39, 0.29) is 37.4 Å². The van der Waals surface area contributed by atoms with Gasteiger partial charge in [0.1, 0.15) is 0 Å². The summed E-state index contributed by atoms with van der Waals surface area (Å²) in [5.41, 5.74) is 6.83. The third-order valence-electron chi connectivity index (χ3n) is 1.34. The molecule has 0 amide bonds. The summed E-state index contributed by atoms with van der Waals surface area (Å²) in [5, 5.41) is 8.40. The number of hydrogen-bond acceptors (Lipinski definition) is 2. The van der Waals surface area contributed by atoms with Crippen LogP contribution < -0.4 is 35.3 Å². The Kier molecular flexibility index (Phi) is 4.97. The second-order valence-electron chi connectivity index (χ2n) is 2.31. The maximum Gasteiger partial charge on any atom is 1.00 e. The van der Waals surface area contributed by atoms with Gasteiger partial charge >= 0.3 is 35.5 Å². The number of carboxylic acids is 1. The zero-order valence-corrected chi connectivity index (χ0v) is 8.95. The number of nitrogens with two attached hydrogens (primary N) is 1. The van der Waals surface area contributed by atoms with Gasteiger partial charge in [0.25, 0.3) is 0 Å². The van der Waals surface area contributed by atoms with Gasteiger partial charge in [0, 0.05) is 5.69 Å². The fourth-order valence-electron chi connectivity index (χ4n) is 0.810. The number of carbonyl (C=O) groups is 1. The van der Waals surface area contributed by atoms with Gasteiger partial charge in [0.15, 0.2) is 0 Å². The summed E-state index contributed by atoms with van der Waals surface area (Å²) in [6, 6.07) is 6.81. The van der Waals surface area contributed by atoms with Crippen molar-refractivity contribution in [1.82, 2.24) is 0 Å². The topological polar surface area (TPSA) is 63.3 Å². The largest absolute Gasteiger partial charge is 1.00 e. The molecule has 0 radical (unpaired) electrons. The number of nitrogen functional groups attached to an aromatic ring is 1. The summed E-state index contributed by atoms with van der Waals surface area (Å²) in [7, 11) is 0. The van der Waals surface area contributed by atoms with Gasteiger partial charge < -0.3 is 12.3 Å². The van der Waals surface area contributed by atoms with E-state index in [9.17, 15) is 4.79 Å². The molecule has 0 unspecified atom stereocenters. The van der Waals surface area contributed by atoms with E-state index in [0.717, 1.165) is 5.56 Å². The molecule has 0 spiro atoms. The van der Waals surface area contributed by atoms with Crippen LogP contribution in [0.4, 0.5) is 5.69 Å². The van der Waals surface area contributed by atoms with Crippen molar-refractivity contribution < 1.29 is 40.9 Å². The molecular formula is C8H10NNaO2. The first-order chi connectivity index (χ1) is 5.18. The maximum atomic E-state index is 10.2. The molecule has 0 saturated heterocycles. The number of aliphatic carboxylic acids is 1. The van der Waals surface area contributed by atoms with Crippen LogP contribution in [0.5, 0.6) is 0 Å². The minimum Gasteiger partial charge on any atom is -1.00 e. The van der Waals surface area contributed by atoms with Crippen LogP contribution in [0.25, 0.3) is 0 Å². The summed E-state index contributed by atoms with van der Waals surface area (Å²) >= 11 is 0. The van der Waals surface area contributed by atoms with Crippen LogP contribution in [0.3, 0.4) is 0 Å². The van der Waals surface area contributed by atoms with E-state index in [1.807, 2.05) is 0 Å². The second kappa shape index (κ2) is 5.19. The zero-order valence-electron chi connectivity index (χ0n) is 7.95. The van der Waals surface area contributed by atoms with Gasteiger partial charge in [-0.05, 0) is 17.7 Å². The Labute approximate surface area is 94.4 Å². The second-order valence-corrected chi connectivity index (χ2v) is 2.31. The van der Waals surface area contributed by atoms with Crippen molar-refractivity contribution in [3.05, 3.63) is 29.8 Å². The molecular weight excluding hydrogens is 165 g/mol. The summed E-state index contributed by atoms with van der Waals surface area (Å²) in [4.78, 5) is 10.2.